The molecule has 1 amide bonds. The molecule has 1 atom stereocenters. The van der Waals surface area contributed by atoms with Crippen molar-refractivity contribution in [2.24, 2.45) is 5.73 Å². The minimum absolute atomic E-state index is 0.0353. The molecule has 1 unspecified atom stereocenters. The Morgan fingerprint density at radius 1 is 1.71 bits per heavy atom. The van der Waals surface area contributed by atoms with Crippen LogP contribution in [-0.4, -0.2) is 56.9 Å². The minimum atomic E-state index is 0.0353. The fourth-order valence-electron chi connectivity index (χ4n) is 1.51. The topological polar surface area (TPSA) is 64.8 Å². The monoisotopic (exact) mass is 202 g/mol. The van der Waals surface area contributed by atoms with Gasteiger partial charge in [-0.15, -0.1) is 0 Å². The first-order chi connectivity index (χ1) is 6.79. The average Bonchev–Trinajstić information content (AvgIpc) is 2.25. The number of amides is 1. The van der Waals surface area contributed by atoms with Crippen molar-refractivity contribution in [3.63, 3.8) is 0 Å². The van der Waals surface area contributed by atoms with Gasteiger partial charge < -0.3 is 20.1 Å². The quantitative estimate of drug-likeness (QED) is 0.649. The van der Waals surface area contributed by atoms with E-state index in [-0.39, 0.29) is 11.9 Å². The van der Waals surface area contributed by atoms with E-state index in [4.69, 9.17) is 15.2 Å². The predicted octanol–water partition coefficient (Wildman–Crippen LogP) is -0.791. The molecule has 0 aromatic carbocycles. The van der Waals surface area contributed by atoms with Crippen molar-refractivity contribution < 1.29 is 14.3 Å². The van der Waals surface area contributed by atoms with Gasteiger partial charge in [0.1, 0.15) is 0 Å². The van der Waals surface area contributed by atoms with Crippen LogP contribution in [0.4, 0.5) is 0 Å². The maximum absolute atomic E-state index is 11.7. The summed E-state index contributed by atoms with van der Waals surface area (Å²) in [6.07, 6.45) is 0.424. The van der Waals surface area contributed by atoms with Gasteiger partial charge in [0.25, 0.3) is 0 Å². The maximum Gasteiger partial charge on any atom is 0.225 e. The van der Waals surface area contributed by atoms with Crippen LogP contribution >= 0.6 is 0 Å². The molecule has 5 nitrogen and oxygen atoms in total. The Balaban J connectivity index is 2.41. The predicted molar refractivity (Wildman–Crippen MR) is 51.9 cm³/mol. The van der Waals surface area contributed by atoms with E-state index in [1.807, 2.05) is 0 Å². The number of ether oxygens (including phenoxy) is 2. The number of methoxy groups -OCH3 is 1. The third-order valence-electron chi connectivity index (χ3n) is 2.34. The zero-order chi connectivity index (χ0) is 10.4. The molecule has 1 aliphatic rings. The molecule has 0 bridgehead atoms. The SMILES string of the molecule is COCCC(=O)N1CCOCC1CN. The van der Waals surface area contributed by atoms with Crippen molar-refractivity contribution in [2.75, 3.05) is 40.0 Å². The molecule has 0 spiro atoms. The van der Waals surface area contributed by atoms with Crippen molar-refractivity contribution >= 4 is 5.91 Å². The number of hydrogen-bond acceptors (Lipinski definition) is 4. The third kappa shape index (κ3) is 2.94. The lowest BCUT2D eigenvalue weighted by Gasteiger charge is -2.34. The summed E-state index contributed by atoms with van der Waals surface area (Å²) in [6, 6.07) is 0.0353. The van der Waals surface area contributed by atoms with Crippen molar-refractivity contribution in [2.45, 2.75) is 12.5 Å². The van der Waals surface area contributed by atoms with Crippen LogP contribution < -0.4 is 5.73 Å². The highest BCUT2D eigenvalue weighted by molar-refractivity contribution is 5.76. The number of carbonyl (C=O) groups excluding carboxylic acids is 1. The molecule has 0 aliphatic carbocycles. The maximum atomic E-state index is 11.7. The highest BCUT2D eigenvalue weighted by Crippen LogP contribution is 2.07. The van der Waals surface area contributed by atoms with Crippen LogP contribution in [-0.2, 0) is 14.3 Å². The van der Waals surface area contributed by atoms with Crippen LogP contribution in [0, 0.1) is 0 Å². The van der Waals surface area contributed by atoms with E-state index in [2.05, 4.69) is 0 Å². The Hall–Kier alpha value is -0.650. The molecule has 0 radical (unpaired) electrons. The number of carbonyl (C=O) groups is 1. The molecule has 1 rings (SSSR count). The molecule has 1 fully saturated rings. The smallest absolute Gasteiger partial charge is 0.225 e. The fraction of sp³-hybridized carbons (Fsp3) is 0.889. The number of nitrogens with zero attached hydrogens (tertiary/aromatic N) is 1. The summed E-state index contributed by atoms with van der Waals surface area (Å²) in [5.41, 5.74) is 5.55. The molecule has 0 aromatic rings. The highest BCUT2D eigenvalue weighted by atomic mass is 16.5. The molecule has 82 valence electrons. The van der Waals surface area contributed by atoms with Gasteiger partial charge in [0.05, 0.1) is 32.3 Å². The molecule has 1 aliphatic heterocycles. The summed E-state index contributed by atoms with van der Waals surface area (Å²) in [6.45, 7) is 2.72. The Morgan fingerprint density at radius 2 is 2.50 bits per heavy atom. The first kappa shape index (κ1) is 11.4. The van der Waals surface area contributed by atoms with Crippen LogP contribution in [0.2, 0.25) is 0 Å². The van der Waals surface area contributed by atoms with Gasteiger partial charge >= 0.3 is 0 Å². The first-order valence-electron chi connectivity index (χ1n) is 4.85. The second kappa shape index (κ2) is 5.95. The van der Waals surface area contributed by atoms with Gasteiger partial charge in [-0.05, 0) is 0 Å². The standard InChI is InChI=1S/C9H18N2O3/c1-13-4-2-9(12)11-3-5-14-7-8(11)6-10/h8H,2-7,10H2,1H3. The highest BCUT2D eigenvalue weighted by Gasteiger charge is 2.25. The fourth-order valence-corrected chi connectivity index (χ4v) is 1.51. The van der Waals surface area contributed by atoms with Crippen LogP contribution in [0.3, 0.4) is 0 Å². The van der Waals surface area contributed by atoms with Gasteiger partial charge in [-0.25, -0.2) is 0 Å². The number of hydrogen-bond donors (Lipinski definition) is 1. The van der Waals surface area contributed by atoms with E-state index in [9.17, 15) is 4.79 Å². The van der Waals surface area contributed by atoms with Crippen molar-refractivity contribution in [1.82, 2.24) is 4.90 Å². The van der Waals surface area contributed by atoms with Gasteiger partial charge in [0.2, 0.25) is 5.91 Å². The van der Waals surface area contributed by atoms with Gasteiger partial charge in [-0.2, -0.15) is 0 Å². The van der Waals surface area contributed by atoms with Crippen molar-refractivity contribution in [3.8, 4) is 0 Å². The van der Waals surface area contributed by atoms with E-state index < -0.39 is 0 Å². The summed E-state index contributed by atoms with van der Waals surface area (Å²) in [4.78, 5) is 13.5. The lowest BCUT2D eigenvalue weighted by molar-refractivity contribution is -0.140. The number of morpholine rings is 1. The molecule has 2 N–H and O–H groups in total. The number of rotatable bonds is 4. The molecule has 0 saturated carbocycles. The van der Waals surface area contributed by atoms with E-state index in [1.165, 1.54) is 0 Å². The molecule has 1 heterocycles. The van der Waals surface area contributed by atoms with Crippen LogP contribution in [0.25, 0.3) is 0 Å². The molecular formula is C9H18N2O3. The van der Waals surface area contributed by atoms with Gasteiger partial charge in [0, 0.05) is 20.2 Å². The zero-order valence-corrected chi connectivity index (χ0v) is 8.57. The largest absolute Gasteiger partial charge is 0.384 e. The van der Waals surface area contributed by atoms with Crippen molar-refractivity contribution in [1.29, 1.82) is 0 Å². The van der Waals surface area contributed by atoms with Crippen molar-refractivity contribution in [3.05, 3.63) is 0 Å². The Bertz CT molecular complexity index is 187. The molecule has 1 saturated heterocycles. The van der Waals surface area contributed by atoms with Crippen LogP contribution in [0.15, 0.2) is 0 Å². The molecule has 14 heavy (non-hydrogen) atoms. The third-order valence-corrected chi connectivity index (χ3v) is 2.34. The normalized spacial score (nSPS) is 22.4. The minimum Gasteiger partial charge on any atom is -0.384 e. The molecule has 5 heteroatoms. The molecular weight excluding hydrogens is 184 g/mol. The summed E-state index contributed by atoms with van der Waals surface area (Å²) < 4.78 is 10.1. The van der Waals surface area contributed by atoms with E-state index >= 15 is 0 Å². The van der Waals surface area contributed by atoms with Gasteiger partial charge in [-0.3, -0.25) is 4.79 Å². The average molecular weight is 202 g/mol. The Labute approximate surface area is 84.1 Å². The molecule has 0 aromatic heterocycles. The van der Waals surface area contributed by atoms with Crippen LogP contribution in [0.1, 0.15) is 6.42 Å². The summed E-state index contributed by atoms with van der Waals surface area (Å²) in [5.74, 6) is 0.102. The second-order valence-corrected chi connectivity index (χ2v) is 3.29. The summed E-state index contributed by atoms with van der Waals surface area (Å²) >= 11 is 0. The Morgan fingerprint density at radius 3 is 3.14 bits per heavy atom. The van der Waals surface area contributed by atoms with E-state index in [0.29, 0.717) is 39.3 Å². The van der Waals surface area contributed by atoms with Crippen LogP contribution in [0.5, 0.6) is 0 Å². The van der Waals surface area contributed by atoms with Gasteiger partial charge in [0.15, 0.2) is 0 Å². The zero-order valence-electron chi connectivity index (χ0n) is 8.57. The first-order valence-corrected chi connectivity index (χ1v) is 4.85. The summed E-state index contributed by atoms with van der Waals surface area (Å²) in [5, 5.41) is 0. The van der Waals surface area contributed by atoms with Gasteiger partial charge in [-0.1, -0.05) is 0 Å². The lowest BCUT2D eigenvalue weighted by Crippen LogP contribution is -2.52. The second-order valence-electron chi connectivity index (χ2n) is 3.29. The van der Waals surface area contributed by atoms with E-state index in [1.54, 1.807) is 12.0 Å². The lowest BCUT2D eigenvalue weighted by atomic mass is 10.2. The number of nitrogens with two attached hydrogens (primary N) is 1. The Kier molecular flexibility index (Phi) is 4.86. The van der Waals surface area contributed by atoms with E-state index in [0.717, 1.165) is 0 Å². The summed E-state index contributed by atoms with van der Waals surface area (Å²) in [7, 11) is 1.59.